The van der Waals surface area contributed by atoms with Gasteiger partial charge in [-0.1, -0.05) is 55.8 Å². The summed E-state index contributed by atoms with van der Waals surface area (Å²) in [4.78, 5) is 14.3. The first-order valence-corrected chi connectivity index (χ1v) is 11.7. The molecule has 2 aliphatic heterocycles. The molecule has 0 bridgehead atoms. The van der Waals surface area contributed by atoms with Gasteiger partial charge in [-0.3, -0.25) is 0 Å². The van der Waals surface area contributed by atoms with Crippen LogP contribution in [0.1, 0.15) is 41.8 Å². The van der Waals surface area contributed by atoms with Crippen LogP contribution in [-0.2, 0) is 18.4 Å². The lowest BCUT2D eigenvalue weighted by Gasteiger charge is -2.32. The zero-order chi connectivity index (χ0) is 22.1. The molecule has 5 nitrogen and oxygen atoms in total. The molecule has 0 radical (unpaired) electrons. The van der Waals surface area contributed by atoms with Crippen LogP contribution < -0.4 is 15.1 Å². The Morgan fingerprint density at radius 1 is 0.844 bits per heavy atom. The van der Waals surface area contributed by atoms with E-state index in [0.29, 0.717) is 0 Å². The molecule has 1 aromatic heterocycles. The van der Waals surface area contributed by atoms with Gasteiger partial charge >= 0.3 is 0 Å². The quantitative estimate of drug-likeness (QED) is 0.680. The van der Waals surface area contributed by atoms with Crippen LogP contribution >= 0.6 is 0 Å². The lowest BCUT2D eigenvalue weighted by molar-refractivity contribution is 0.576. The third kappa shape index (κ3) is 4.09. The van der Waals surface area contributed by atoms with E-state index in [1.165, 1.54) is 33.6 Å². The molecule has 5 rings (SSSR count). The Bertz CT molecular complexity index is 1070. The molecule has 1 fully saturated rings. The van der Waals surface area contributed by atoms with Gasteiger partial charge in [-0.25, -0.2) is 9.97 Å². The van der Waals surface area contributed by atoms with Crippen molar-refractivity contribution in [3.8, 4) is 0 Å². The smallest absolute Gasteiger partial charge is 0.225 e. The first kappa shape index (κ1) is 21.0. The lowest BCUT2D eigenvalue weighted by Crippen LogP contribution is -2.44. The molecule has 1 N–H and O–H groups in total. The van der Waals surface area contributed by atoms with Gasteiger partial charge in [-0.15, -0.1) is 0 Å². The van der Waals surface area contributed by atoms with Gasteiger partial charge in [0.1, 0.15) is 0 Å². The fourth-order valence-corrected chi connectivity index (χ4v) is 4.76. The molecule has 5 heteroatoms. The van der Waals surface area contributed by atoms with Crippen LogP contribution in [0.3, 0.4) is 0 Å². The number of nitrogens with one attached hydrogen (secondary N) is 1. The molecule has 0 atom stereocenters. The molecule has 3 aromatic rings. The average Bonchev–Trinajstić information content (AvgIpc) is 2.84. The number of hydrogen-bond donors (Lipinski definition) is 1. The minimum Gasteiger partial charge on any atom is -0.365 e. The van der Waals surface area contributed by atoms with Crippen LogP contribution in [-0.4, -0.2) is 42.7 Å². The van der Waals surface area contributed by atoms with E-state index in [1.807, 2.05) is 6.20 Å². The normalized spacial score (nSPS) is 16.7. The maximum absolute atomic E-state index is 4.96. The van der Waals surface area contributed by atoms with E-state index in [1.54, 1.807) is 0 Å². The van der Waals surface area contributed by atoms with Crippen molar-refractivity contribution in [3.05, 3.63) is 82.7 Å². The molecule has 32 heavy (non-hydrogen) atoms. The van der Waals surface area contributed by atoms with Crippen LogP contribution in [0.4, 0.5) is 11.6 Å². The van der Waals surface area contributed by atoms with Gasteiger partial charge in [0.25, 0.3) is 0 Å². The van der Waals surface area contributed by atoms with Crippen LogP contribution in [0.5, 0.6) is 0 Å². The van der Waals surface area contributed by atoms with Crippen molar-refractivity contribution < 1.29 is 0 Å². The summed E-state index contributed by atoms with van der Waals surface area (Å²) in [5.74, 6) is 0.877. The highest BCUT2D eigenvalue weighted by atomic mass is 15.3. The third-order valence-electron chi connectivity index (χ3n) is 7.06. The average molecular weight is 428 g/mol. The summed E-state index contributed by atoms with van der Waals surface area (Å²) < 4.78 is 0. The van der Waals surface area contributed by atoms with Gasteiger partial charge in [-0.2, -0.15) is 0 Å². The minimum atomic E-state index is -0.0217. The van der Waals surface area contributed by atoms with Crippen LogP contribution in [0.25, 0.3) is 0 Å². The number of nitrogens with zero attached hydrogens (tertiary/aromatic N) is 4. The summed E-state index contributed by atoms with van der Waals surface area (Å²) in [6.45, 7) is 12.5. The molecule has 0 amide bonds. The fraction of sp³-hybridized carbons (Fsp3) is 0.407. The topological polar surface area (TPSA) is 44.3 Å². The monoisotopic (exact) mass is 427 g/mol. The number of hydrogen-bond acceptors (Lipinski definition) is 5. The summed E-state index contributed by atoms with van der Waals surface area (Å²) in [7, 11) is 0. The molecule has 3 heterocycles. The van der Waals surface area contributed by atoms with Crippen molar-refractivity contribution in [2.75, 3.05) is 42.5 Å². The summed E-state index contributed by atoms with van der Waals surface area (Å²) in [6, 6.07) is 18.0. The molecule has 2 aliphatic rings. The molecular formula is C27H33N5. The third-order valence-corrected chi connectivity index (χ3v) is 7.06. The Morgan fingerprint density at radius 3 is 2.19 bits per heavy atom. The molecule has 2 aromatic carbocycles. The first-order valence-electron chi connectivity index (χ1n) is 11.7. The molecule has 0 unspecified atom stereocenters. The fourth-order valence-electron chi connectivity index (χ4n) is 4.76. The Morgan fingerprint density at radius 2 is 1.50 bits per heavy atom. The Hall–Kier alpha value is -2.92. The van der Waals surface area contributed by atoms with E-state index in [0.717, 1.165) is 51.6 Å². The zero-order valence-electron chi connectivity index (χ0n) is 19.4. The van der Waals surface area contributed by atoms with E-state index in [9.17, 15) is 0 Å². The predicted octanol–water partition coefficient (Wildman–Crippen LogP) is 4.08. The van der Waals surface area contributed by atoms with Crippen molar-refractivity contribution in [2.24, 2.45) is 0 Å². The van der Waals surface area contributed by atoms with Gasteiger partial charge in [0.15, 0.2) is 0 Å². The van der Waals surface area contributed by atoms with Crippen LogP contribution in [0, 0.1) is 6.92 Å². The highest BCUT2D eigenvalue weighted by Gasteiger charge is 2.24. The maximum atomic E-state index is 4.96. The number of aromatic nitrogens is 2. The number of piperazine rings is 1. The van der Waals surface area contributed by atoms with Gasteiger partial charge in [0, 0.05) is 50.0 Å². The number of anilines is 2. The Labute approximate surface area is 191 Å². The van der Waals surface area contributed by atoms with Crippen molar-refractivity contribution >= 4 is 11.6 Å². The SMILES string of the molecule is Cc1ccc(C(C)(C)c2ccc(N3CCc4cnc(N5CCNCC5)nc4C3)cc2)cc1. The number of aryl methyl sites for hydroxylation is 1. The van der Waals surface area contributed by atoms with E-state index < -0.39 is 0 Å². The predicted molar refractivity (Wildman–Crippen MR) is 132 cm³/mol. The van der Waals surface area contributed by atoms with Gasteiger partial charge in [0.05, 0.1) is 12.2 Å². The van der Waals surface area contributed by atoms with E-state index >= 15 is 0 Å². The standard InChI is InChI=1S/C27H33N5/c1-20-4-6-22(7-5-20)27(2,3)23-8-10-24(11-9-23)32-15-12-21-18-29-26(30-25(21)19-32)31-16-13-28-14-17-31/h4-11,18,28H,12-17,19H2,1-3H3. The number of fused-ring (bicyclic) bond motifs is 1. The summed E-state index contributed by atoms with van der Waals surface area (Å²) in [6.07, 6.45) is 3.04. The second-order valence-corrected chi connectivity index (χ2v) is 9.59. The van der Waals surface area contributed by atoms with Gasteiger partial charge in [0.2, 0.25) is 5.95 Å². The summed E-state index contributed by atoms with van der Waals surface area (Å²) >= 11 is 0. The van der Waals surface area contributed by atoms with E-state index in [-0.39, 0.29) is 5.41 Å². The minimum absolute atomic E-state index is 0.0217. The molecular weight excluding hydrogens is 394 g/mol. The summed E-state index contributed by atoms with van der Waals surface area (Å²) in [5.41, 5.74) is 7.69. The van der Waals surface area contributed by atoms with Gasteiger partial charge < -0.3 is 15.1 Å². The number of benzene rings is 2. The second kappa shape index (κ2) is 8.55. The Balaban J connectivity index is 1.33. The largest absolute Gasteiger partial charge is 0.365 e. The van der Waals surface area contributed by atoms with Crippen molar-refractivity contribution in [2.45, 2.75) is 39.2 Å². The van der Waals surface area contributed by atoms with Crippen LogP contribution in [0.15, 0.2) is 54.7 Å². The van der Waals surface area contributed by atoms with Crippen molar-refractivity contribution in [3.63, 3.8) is 0 Å². The molecule has 0 aliphatic carbocycles. The molecule has 0 saturated carbocycles. The highest BCUT2D eigenvalue weighted by molar-refractivity contribution is 5.52. The second-order valence-electron chi connectivity index (χ2n) is 9.59. The molecule has 166 valence electrons. The van der Waals surface area contributed by atoms with E-state index in [2.05, 4.69) is 89.4 Å². The number of rotatable bonds is 4. The maximum Gasteiger partial charge on any atom is 0.225 e. The van der Waals surface area contributed by atoms with Crippen molar-refractivity contribution in [1.29, 1.82) is 0 Å². The zero-order valence-corrected chi connectivity index (χ0v) is 19.4. The first-order chi connectivity index (χ1) is 15.5. The molecule has 0 spiro atoms. The van der Waals surface area contributed by atoms with Gasteiger partial charge in [-0.05, 0) is 42.2 Å². The highest BCUT2D eigenvalue weighted by Crippen LogP contribution is 2.33. The Kier molecular flexibility index (Phi) is 5.60. The van der Waals surface area contributed by atoms with Crippen molar-refractivity contribution in [1.82, 2.24) is 15.3 Å². The van der Waals surface area contributed by atoms with Crippen LogP contribution in [0.2, 0.25) is 0 Å². The lowest BCUT2D eigenvalue weighted by atomic mass is 9.78. The summed E-state index contributed by atoms with van der Waals surface area (Å²) in [5, 5.41) is 3.40. The molecule has 1 saturated heterocycles. The van der Waals surface area contributed by atoms with E-state index in [4.69, 9.17) is 4.98 Å².